The zero-order chi connectivity index (χ0) is 12.7. The normalized spacial score (nSPS) is 11.4. The van der Waals surface area contributed by atoms with Gasteiger partial charge >= 0.3 is 0 Å². The van der Waals surface area contributed by atoms with Gasteiger partial charge in [0.2, 0.25) is 0 Å². The predicted octanol–water partition coefficient (Wildman–Crippen LogP) is 3.57. The van der Waals surface area contributed by atoms with Crippen molar-refractivity contribution < 1.29 is 0 Å². The molecule has 0 aliphatic rings. The van der Waals surface area contributed by atoms with E-state index >= 15 is 0 Å². The quantitative estimate of drug-likeness (QED) is 0.797. The third-order valence-corrected chi connectivity index (χ3v) is 4.79. The summed E-state index contributed by atoms with van der Waals surface area (Å²) in [6, 6.07) is 0. The summed E-state index contributed by atoms with van der Waals surface area (Å²) in [5, 5.41) is 0.958. The summed E-state index contributed by atoms with van der Waals surface area (Å²) in [4.78, 5) is 14.8. The van der Waals surface area contributed by atoms with Gasteiger partial charge in [-0.1, -0.05) is 6.92 Å². The zero-order valence-corrected chi connectivity index (χ0v) is 12.0. The first-order valence-corrected chi connectivity index (χ1v) is 6.96. The van der Waals surface area contributed by atoms with Crippen LogP contribution in [0, 0.1) is 20.8 Å². The standard InChI is InChI=1S/C14H19NOS/c1-6-11-10(5)17-14-12(11)13(16)8(3)9(4)15(14)7-2/h6-7H2,1-5H3. The van der Waals surface area contributed by atoms with Crippen molar-refractivity contribution in [2.45, 2.75) is 47.6 Å². The van der Waals surface area contributed by atoms with Gasteiger partial charge in [-0.2, -0.15) is 0 Å². The van der Waals surface area contributed by atoms with Crippen molar-refractivity contribution in [3.63, 3.8) is 0 Å². The minimum atomic E-state index is 0.225. The highest BCUT2D eigenvalue weighted by Gasteiger charge is 2.17. The van der Waals surface area contributed by atoms with E-state index in [2.05, 4.69) is 25.3 Å². The molecule has 2 aromatic heterocycles. The minimum absolute atomic E-state index is 0.225. The number of aromatic nitrogens is 1. The summed E-state index contributed by atoms with van der Waals surface area (Å²) in [7, 11) is 0. The van der Waals surface area contributed by atoms with Gasteiger partial charge < -0.3 is 4.57 Å². The van der Waals surface area contributed by atoms with E-state index in [1.54, 1.807) is 11.3 Å². The van der Waals surface area contributed by atoms with Gasteiger partial charge in [0.05, 0.1) is 5.39 Å². The number of aryl methyl sites for hydroxylation is 3. The lowest BCUT2D eigenvalue weighted by Crippen LogP contribution is -2.15. The Labute approximate surface area is 106 Å². The van der Waals surface area contributed by atoms with Gasteiger partial charge in [0.25, 0.3) is 0 Å². The molecule has 92 valence electrons. The van der Waals surface area contributed by atoms with E-state index in [4.69, 9.17) is 0 Å². The third kappa shape index (κ3) is 1.64. The predicted molar refractivity (Wildman–Crippen MR) is 75.3 cm³/mol. The Hall–Kier alpha value is -1.09. The topological polar surface area (TPSA) is 22.0 Å². The fourth-order valence-corrected chi connectivity index (χ4v) is 3.85. The molecule has 2 nitrogen and oxygen atoms in total. The van der Waals surface area contributed by atoms with Crippen molar-refractivity contribution in [3.05, 3.63) is 31.9 Å². The van der Waals surface area contributed by atoms with Crippen LogP contribution in [0.25, 0.3) is 10.2 Å². The van der Waals surface area contributed by atoms with Gasteiger partial charge in [0.1, 0.15) is 4.83 Å². The average Bonchev–Trinajstić information content (AvgIpc) is 2.63. The highest BCUT2D eigenvalue weighted by atomic mass is 32.1. The van der Waals surface area contributed by atoms with Crippen LogP contribution in [0.5, 0.6) is 0 Å². The largest absolute Gasteiger partial charge is 0.337 e. The molecule has 0 saturated heterocycles. The molecule has 2 heterocycles. The lowest BCUT2D eigenvalue weighted by Gasteiger charge is -2.12. The summed E-state index contributed by atoms with van der Waals surface area (Å²) in [6.07, 6.45) is 0.938. The maximum Gasteiger partial charge on any atom is 0.193 e. The zero-order valence-electron chi connectivity index (χ0n) is 11.2. The van der Waals surface area contributed by atoms with E-state index in [1.807, 2.05) is 13.8 Å². The van der Waals surface area contributed by atoms with Crippen molar-refractivity contribution in [2.75, 3.05) is 0 Å². The maximum absolute atomic E-state index is 12.4. The molecule has 0 unspecified atom stereocenters. The van der Waals surface area contributed by atoms with Crippen LogP contribution in [-0.2, 0) is 13.0 Å². The van der Waals surface area contributed by atoms with Gasteiger partial charge in [-0.05, 0) is 39.7 Å². The van der Waals surface area contributed by atoms with Crippen LogP contribution in [-0.4, -0.2) is 4.57 Å². The van der Waals surface area contributed by atoms with Crippen LogP contribution in [0.2, 0.25) is 0 Å². The van der Waals surface area contributed by atoms with Crippen LogP contribution in [0.3, 0.4) is 0 Å². The Morgan fingerprint density at radius 2 is 1.82 bits per heavy atom. The number of fused-ring (bicyclic) bond motifs is 1. The van der Waals surface area contributed by atoms with E-state index in [9.17, 15) is 4.79 Å². The van der Waals surface area contributed by atoms with Crippen LogP contribution >= 0.6 is 11.3 Å². The Balaban J connectivity index is 3.06. The molecule has 0 bridgehead atoms. The summed E-state index contributed by atoms with van der Waals surface area (Å²) in [5.74, 6) is 0. The fourth-order valence-electron chi connectivity index (χ4n) is 2.50. The number of hydrogen-bond donors (Lipinski definition) is 0. The van der Waals surface area contributed by atoms with Crippen LogP contribution in [0.1, 0.15) is 35.5 Å². The molecule has 0 aliphatic carbocycles. The Morgan fingerprint density at radius 3 is 2.35 bits per heavy atom. The molecule has 2 rings (SSSR count). The molecule has 0 aliphatic heterocycles. The van der Waals surface area contributed by atoms with Crippen molar-refractivity contribution in [2.24, 2.45) is 0 Å². The van der Waals surface area contributed by atoms with E-state index in [0.29, 0.717) is 0 Å². The lowest BCUT2D eigenvalue weighted by atomic mass is 10.1. The molecule has 0 spiro atoms. The monoisotopic (exact) mass is 249 g/mol. The highest BCUT2D eigenvalue weighted by Crippen LogP contribution is 2.30. The maximum atomic E-state index is 12.4. The lowest BCUT2D eigenvalue weighted by molar-refractivity contribution is 0.757. The molecule has 0 amide bonds. The van der Waals surface area contributed by atoms with Gasteiger partial charge in [-0.15, -0.1) is 11.3 Å². The van der Waals surface area contributed by atoms with Crippen LogP contribution < -0.4 is 5.43 Å². The second kappa shape index (κ2) is 4.30. The molecule has 0 saturated carbocycles. The Bertz CT molecular complexity index is 634. The molecule has 0 fully saturated rings. The molecule has 0 N–H and O–H groups in total. The van der Waals surface area contributed by atoms with Gasteiger partial charge in [0, 0.05) is 22.7 Å². The third-order valence-electron chi connectivity index (χ3n) is 3.62. The smallest absolute Gasteiger partial charge is 0.193 e. The summed E-state index contributed by atoms with van der Waals surface area (Å²) < 4.78 is 2.27. The molecule has 0 radical (unpaired) electrons. The Morgan fingerprint density at radius 1 is 1.18 bits per heavy atom. The van der Waals surface area contributed by atoms with E-state index < -0.39 is 0 Å². The second-order valence-electron chi connectivity index (χ2n) is 4.45. The summed E-state index contributed by atoms with van der Waals surface area (Å²) >= 11 is 1.75. The molecular weight excluding hydrogens is 230 g/mol. The van der Waals surface area contributed by atoms with Gasteiger partial charge in [-0.25, -0.2) is 0 Å². The highest BCUT2D eigenvalue weighted by molar-refractivity contribution is 7.18. The van der Waals surface area contributed by atoms with E-state index in [-0.39, 0.29) is 5.43 Å². The van der Waals surface area contributed by atoms with Crippen LogP contribution in [0.15, 0.2) is 4.79 Å². The molecular formula is C14H19NOS. The molecule has 0 atom stereocenters. The van der Waals surface area contributed by atoms with Crippen LogP contribution in [0.4, 0.5) is 0 Å². The first-order valence-electron chi connectivity index (χ1n) is 6.14. The van der Waals surface area contributed by atoms with E-state index in [0.717, 1.165) is 34.4 Å². The van der Waals surface area contributed by atoms with Crippen molar-refractivity contribution in [3.8, 4) is 0 Å². The average molecular weight is 249 g/mol. The molecule has 0 aromatic carbocycles. The number of rotatable bonds is 2. The first kappa shape index (κ1) is 12.4. The van der Waals surface area contributed by atoms with Crippen molar-refractivity contribution in [1.82, 2.24) is 4.57 Å². The molecule has 2 aromatic rings. The molecule has 3 heteroatoms. The SMILES string of the molecule is CCc1c(C)sc2c1c(=O)c(C)c(C)n2CC. The number of thiophene rings is 1. The Kier molecular flexibility index (Phi) is 3.13. The van der Waals surface area contributed by atoms with Crippen molar-refractivity contribution >= 4 is 21.6 Å². The fraction of sp³-hybridized carbons (Fsp3) is 0.500. The van der Waals surface area contributed by atoms with Crippen molar-refractivity contribution in [1.29, 1.82) is 0 Å². The second-order valence-corrected chi connectivity index (χ2v) is 5.66. The molecule has 17 heavy (non-hydrogen) atoms. The van der Waals surface area contributed by atoms with Gasteiger partial charge in [-0.3, -0.25) is 4.79 Å². The number of hydrogen-bond acceptors (Lipinski definition) is 2. The number of pyridine rings is 1. The van der Waals surface area contributed by atoms with E-state index in [1.165, 1.54) is 10.4 Å². The summed E-state index contributed by atoms with van der Waals surface area (Å²) in [6.45, 7) is 11.3. The number of nitrogens with zero attached hydrogens (tertiary/aromatic N) is 1. The first-order chi connectivity index (χ1) is 8.02. The van der Waals surface area contributed by atoms with Gasteiger partial charge in [0.15, 0.2) is 5.43 Å². The summed E-state index contributed by atoms with van der Waals surface area (Å²) in [5.41, 5.74) is 3.46. The minimum Gasteiger partial charge on any atom is -0.337 e.